The van der Waals surface area contributed by atoms with E-state index < -0.39 is 0 Å². The summed E-state index contributed by atoms with van der Waals surface area (Å²) in [6.07, 6.45) is 3.39. The fourth-order valence-electron chi connectivity index (χ4n) is 0.807. The van der Waals surface area contributed by atoms with Crippen LogP contribution in [0.5, 0.6) is 0 Å². The van der Waals surface area contributed by atoms with Gasteiger partial charge in [0.1, 0.15) is 5.83 Å². The minimum absolute atomic E-state index is 0.117. The Morgan fingerprint density at radius 3 is 2.20 bits per heavy atom. The molecule has 0 aliphatic carbocycles. The standard InChI is InChI=1S/C9H15F/c1-5-9(10)8(4)6-7(2)3/h5-7H,1-4H3/b8-6-,9-5+. The lowest BCUT2D eigenvalue weighted by Gasteiger charge is -1.98. The topological polar surface area (TPSA) is 0 Å². The van der Waals surface area contributed by atoms with E-state index in [4.69, 9.17) is 0 Å². The third-order valence-electron chi connectivity index (χ3n) is 1.21. The average Bonchev–Trinajstić information content (AvgIpc) is 1.85. The third kappa shape index (κ3) is 3.44. The number of hydrogen-bond donors (Lipinski definition) is 0. The van der Waals surface area contributed by atoms with Crippen LogP contribution in [-0.4, -0.2) is 0 Å². The second kappa shape index (κ2) is 4.26. The van der Waals surface area contributed by atoms with Crippen LogP contribution in [0, 0.1) is 5.92 Å². The molecule has 10 heavy (non-hydrogen) atoms. The number of halogens is 1. The lowest BCUT2D eigenvalue weighted by molar-refractivity contribution is 0.644. The van der Waals surface area contributed by atoms with E-state index >= 15 is 0 Å². The maximum Gasteiger partial charge on any atom is 0.121 e. The van der Waals surface area contributed by atoms with Crippen molar-refractivity contribution >= 4 is 0 Å². The maximum atomic E-state index is 12.7. The number of hydrogen-bond acceptors (Lipinski definition) is 0. The van der Waals surface area contributed by atoms with Gasteiger partial charge in [-0.2, -0.15) is 0 Å². The van der Waals surface area contributed by atoms with Crippen molar-refractivity contribution in [3.8, 4) is 0 Å². The zero-order chi connectivity index (χ0) is 8.15. The molecule has 0 spiro atoms. The van der Waals surface area contributed by atoms with Crippen LogP contribution in [0.3, 0.4) is 0 Å². The van der Waals surface area contributed by atoms with Crippen LogP contribution in [-0.2, 0) is 0 Å². The molecule has 0 bridgehead atoms. The molecule has 0 heterocycles. The molecule has 1 heteroatoms. The van der Waals surface area contributed by atoms with Crippen LogP contribution >= 0.6 is 0 Å². The van der Waals surface area contributed by atoms with Crippen molar-refractivity contribution in [1.82, 2.24) is 0 Å². The van der Waals surface area contributed by atoms with E-state index in [-0.39, 0.29) is 5.83 Å². The highest BCUT2D eigenvalue weighted by atomic mass is 19.1. The molecule has 0 saturated heterocycles. The van der Waals surface area contributed by atoms with E-state index in [0.29, 0.717) is 5.92 Å². The highest BCUT2D eigenvalue weighted by Crippen LogP contribution is 2.12. The van der Waals surface area contributed by atoms with Gasteiger partial charge in [0.2, 0.25) is 0 Å². The Kier molecular flexibility index (Phi) is 4.01. The summed E-state index contributed by atoms with van der Waals surface area (Å²) in [6.45, 7) is 7.56. The van der Waals surface area contributed by atoms with Gasteiger partial charge in [0, 0.05) is 0 Å². The summed E-state index contributed by atoms with van der Waals surface area (Å²) in [6, 6.07) is 0. The molecule has 0 aliphatic heterocycles. The van der Waals surface area contributed by atoms with Crippen LogP contribution in [0.1, 0.15) is 27.7 Å². The third-order valence-corrected chi connectivity index (χ3v) is 1.21. The van der Waals surface area contributed by atoms with Crippen LogP contribution in [0.15, 0.2) is 23.6 Å². The highest BCUT2D eigenvalue weighted by Gasteiger charge is 1.95. The van der Waals surface area contributed by atoms with Crippen molar-refractivity contribution in [3.05, 3.63) is 23.6 Å². The Morgan fingerprint density at radius 2 is 1.90 bits per heavy atom. The minimum Gasteiger partial charge on any atom is -0.207 e. The number of rotatable bonds is 2. The van der Waals surface area contributed by atoms with Gasteiger partial charge in [-0.3, -0.25) is 0 Å². The largest absolute Gasteiger partial charge is 0.207 e. The molecule has 0 saturated carbocycles. The predicted molar refractivity (Wildman–Crippen MR) is 43.5 cm³/mol. The van der Waals surface area contributed by atoms with Gasteiger partial charge in [-0.15, -0.1) is 0 Å². The van der Waals surface area contributed by atoms with Crippen molar-refractivity contribution < 1.29 is 4.39 Å². The predicted octanol–water partition coefficient (Wildman–Crippen LogP) is 3.46. The van der Waals surface area contributed by atoms with E-state index in [1.807, 2.05) is 19.9 Å². The Balaban J connectivity index is 4.20. The van der Waals surface area contributed by atoms with Crippen molar-refractivity contribution in [2.75, 3.05) is 0 Å². The summed E-state index contributed by atoms with van der Waals surface area (Å²) in [5, 5.41) is 0. The van der Waals surface area contributed by atoms with E-state index in [1.165, 1.54) is 6.08 Å². The second-order valence-electron chi connectivity index (χ2n) is 2.73. The summed E-state index contributed by atoms with van der Waals surface area (Å²) in [5.41, 5.74) is 0.734. The maximum absolute atomic E-state index is 12.7. The Morgan fingerprint density at radius 1 is 1.40 bits per heavy atom. The Bertz CT molecular complexity index is 152. The van der Waals surface area contributed by atoms with Gasteiger partial charge >= 0.3 is 0 Å². The first-order chi connectivity index (χ1) is 4.57. The molecule has 58 valence electrons. The normalized spacial score (nSPS) is 14.6. The molecule has 0 aromatic carbocycles. The molecule has 0 nitrogen and oxygen atoms in total. The zero-order valence-corrected chi connectivity index (χ0v) is 7.11. The Labute approximate surface area is 62.4 Å². The number of allylic oxidation sites excluding steroid dienone is 4. The van der Waals surface area contributed by atoms with E-state index in [1.54, 1.807) is 13.8 Å². The SMILES string of the molecule is C/C=C(F)\C(C)=C/C(C)C. The smallest absolute Gasteiger partial charge is 0.121 e. The van der Waals surface area contributed by atoms with Gasteiger partial charge < -0.3 is 0 Å². The Hall–Kier alpha value is -0.590. The lowest BCUT2D eigenvalue weighted by Crippen LogP contribution is -1.83. The molecule has 0 unspecified atom stereocenters. The van der Waals surface area contributed by atoms with Gasteiger partial charge in [-0.05, 0) is 25.3 Å². The van der Waals surface area contributed by atoms with Crippen molar-refractivity contribution in [1.29, 1.82) is 0 Å². The van der Waals surface area contributed by atoms with Crippen molar-refractivity contribution in [3.63, 3.8) is 0 Å². The summed E-state index contributed by atoms with van der Waals surface area (Å²) < 4.78 is 12.7. The van der Waals surface area contributed by atoms with Gasteiger partial charge in [-0.25, -0.2) is 4.39 Å². The van der Waals surface area contributed by atoms with E-state index in [0.717, 1.165) is 5.57 Å². The zero-order valence-electron chi connectivity index (χ0n) is 7.11. The second-order valence-corrected chi connectivity index (χ2v) is 2.73. The van der Waals surface area contributed by atoms with Gasteiger partial charge in [0.15, 0.2) is 0 Å². The quantitative estimate of drug-likeness (QED) is 0.518. The molecule has 0 radical (unpaired) electrons. The lowest BCUT2D eigenvalue weighted by atomic mass is 10.1. The van der Waals surface area contributed by atoms with Gasteiger partial charge in [0.05, 0.1) is 0 Å². The first kappa shape index (κ1) is 9.41. The van der Waals surface area contributed by atoms with E-state index in [9.17, 15) is 4.39 Å². The molecule has 0 rings (SSSR count). The van der Waals surface area contributed by atoms with Gasteiger partial charge in [-0.1, -0.05) is 26.0 Å². The van der Waals surface area contributed by atoms with Gasteiger partial charge in [0.25, 0.3) is 0 Å². The molecule has 0 atom stereocenters. The molecule has 0 fully saturated rings. The van der Waals surface area contributed by atoms with Crippen LogP contribution < -0.4 is 0 Å². The van der Waals surface area contributed by atoms with Crippen molar-refractivity contribution in [2.45, 2.75) is 27.7 Å². The van der Waals surface area contributed by atoms with Crippen LogP contribution in [0.4, 0.5) is 4.39 Å². The first-order valence-corrected chi connectivity index (χ1v) is 3.58. The summed E-state index contributed by atoms with van der Waals surface area (Å²) in [7, 11) is 0. The van der Waals surface area contributed by atoms with Crippen LogP contribution in [0.2, 0.25) is 0 Å². The molecule has 0 aromatic rings. The van der Waals surface area contributed by atoms with E-state index in [2.05, 4.69) is 0 Å². The fraction of sp³-hybridized carbons (Fsp3) is 0.556. The molecular weight excluding hydrogens is 127 g/mol. The molecule has 0 aliphatic rings. The molecule has 0 aromatic heterocycles. The average molecular weight is 142 g/mol. The summed E-state index contributed by atoms with van der Waals surface area (Å²) in [4.78, 5) is 0. The molecule has 0 amide bonds. The molecular formula is C9H15F. The van der Waals surface area contributed by atoms with Crippen molar-refractivity contribution in [2.24, 2.45) is 5.92 Å². The summed E-state index contributed by atoms with van der Waals surface area (Å²) >= 11 is 0. The first-order valence-electron chi connectivity index (χ1n) is 3.58. The highest BCUT2D eigenvalue weighted by molar-refractivity contribution is 5.22. The van der Waals surface area contributed by atoms with Crippen LogP contribution in [0.25, 0.3) is 0 Å². The molecule has 0 N–H and O–H groups in total. The monoisotopic (exact) mass is 142 g/mol. The fourth-order valence-corrected chi connectivity index (χ4v) is 0.807. The summed E-state index contributed by atoms with van der Waals surface area (Å²) in [5.74, 6) is 0.305. The minimum atomic E-state index is -0.117.